The molecule has 0 aliphatic heterocycles. The van der Waals surface area contributed by atoms with Crippen LogP contribution in [0.25, 0.3) is 0 Å². The number of aliphatic imine (C=N–C) groups is 1. The molecule has 0 bridgehead atoms. The largest absolute Gasteiger partial charge is 0.357 e. The first-order chi connectivity index (χ1) is 12.2. The zero-order chi connectivity index (χ0) is 19.6. The number of nitrogens with one attached hydrogen (secondary N) is 3. The second kappa shape index (κ2) is 12.9. The first kappa shape index (κ1) is 25.6. The van der Waals surface area contributed by atoms with Gasteiger partial charge in [0.1, 0.15) is 9.84 Å². The Morgan fingerprint density at radius 3 is 2.44 bits per heavy atom. The summed E-state index contributed by atoms with van der Waals surface area (Å²) in [5.41, 5.74) is 1.54. The Morgan fingerprint density at radius 2 is 1.85 bits per heavy atom. The summed E-state index contributed by atoms with van der Waals surface area (Å²) in [6, 6.07) is 7.33. The minimum Gasteiger partial charge on any atom is -0.357 e. The molecule has 1 aromatic rings. The quantitative estimate of drug-likeness (QED) is 0.268. The topological polar surface area (TPSA) is 99.7 Å². The number of benzene rings is 1. The third-order valence-corrected chi connectivity index (χ3v) is 4.57. The van der Waals surface area contributed by atoms with Crippen molar-refractivity contribution in [2.45, 2.75) is 39.8 Å². The lowest BCUT2D eigenvalue weighted by Gasteiger charge is -2.17. The molecule has 0 aliphatic rings. The first-order valence-corrected chi connectivity index (χ1v) is 10.9. The van der Waals surface area contributed by atoms with Gasteiger partial charge < -0.3 is 16.0 Å². The Bertz CT molecular complexity index is 723. The predicted octanol–water partition coefficient (Wildman–Crippen LogP) is 1.93. The zero-order valence-electron chi connectivity index (χ0n) is 16.4. The summed E-state index contributed by atoms with van der Waals surface area (Å²) in [5, 5.41) is 9.14. The van der Waals surface area contributed by atoms with Crippen molar-refractivity contribution in [2.75, 3.05) is 25.1 Å². The van der Waals surface area contributed by atoms with Crippen LogP contribution in [0.15, 0.2) is 29.3 Å². The highest BCUT2D eigenvalue weighted by molar-refractivity contribution is 14.0. The Labute approximate surface area is 179 Å². The monoisotopic (exact) mass is 510 g/mol. The van der Waals surface area contributed by atoms with Crippen LogP contribution in [-0.2, 0) is 16.4 Å². The van der Waals surface area contributed by atoms with Gasteiger partial charge in [-0.3, -0.25) is 4.79 Å². The number of carbonyl (C=O) groups is 1. The second-order valence-corrected chi connectivity index (χ2v) is 8.48. The van der Waals surface area contributed by atoms with E-state index in [0.29, 0.717) is 37.6 Å². The molecule has 0 radical (unpaired) electrons. The molecular weight excluding hydrogens is 479 g/mol. The Hall–Kier alpha value is -1.36. The lowest BCUT2D eigenvalue weighted by atomic mass is 10.1. The minimum atomic E-state index is -2.98. The van der Waals surface area contributed by atoms with Gasteiger partial charge in [0.15, 0.2) is 5.96 Å². The lowest BCUT2D eigenvalue weighted by molar-refractivity contribution is 0.0955. The van der Waals surface area contributed by atoms with E-state index in [4.69, 9.17) is 0 Å². The van der Waals surface area contributed by atoms with E-state index in [2.05, 4.69) is 20.9 Å². The van der Waals surface area contributed by atoms with Gasteiger partial charge in [-0.2, -0.15) is 0 Å². The van der Waals surface area contributed by atoms with Crippen LogP contribution in [-0.4, -0.2) is 51.4 Å². The molecule has 0 aliphatic carbocycles. The van der Waals surface area contributed by atoms with Crippen molar-refractivity contribution in [3.05, 3.63) is 35.4 Å². The summed E-state index contributed by atoms with van der Waals surface area (Å²) in [6.45, 7) is 7.47. The van der Waals surface area contributed by atoms with Crippen LogP contribution < -0.4 is 16.0 Å². The second-order valence-electron chi connectivity index (χ2n) is 6.22. The minimum absolute atomic E-state index is 0. The Morgan fingerprint density at radius 1 is 1.19 bits per heavy atom. The summed E-state index contributed by atoms with van der Waals surface area (Å²) in [6.07, 6.45) is 1.75. The molecule has 3 N–H and O–H groups in total. The number of hydrogen-bond donors (Lipinski definition) is 3. The average molecular weight is 510 g/mol. The summed E-state index contributed by atoms with van der Waals surface area (Å²) in [4.78, 5) is 16.4. The smallest absolute Gasteiger partial charge is 0.251 e. The molecule has 0 saturated heterocycles. The summed E-state index contributed by atoms with van der Waals surface area (Å²) in [5.74, 6) is 0.657. The first-order valence-electron chi connectivity index (χ1n) is 8.84. The van der Waals surface area contributed by atoms with Crippen molar-refractivity contribution in [3.8, 4) is 0 Å². The lowest BCUT2D eigenvalue weighted by Crippen LogP contribution is -2.42. The fourth-order valence-electron chi connectivity index (χ4n) is 2.26. The van der Waals surface area contributed by atoms with Crippen molar-refractivity contribution >= 4 is 45.7 Å². The van der Waals surface area contributed by atoms with Crippen LogP contribution in [0, 0.1) is 0 Å². The number of amides is 1. The molecule has 9 heteroatoms. The van der Waals surface area contributed by atoms with E-state index in [1.807, 2.05) is 39.0 Å². The number of hydrogen-bond acceptors (Lipinski definition) is 4. The highest BCUT2D eigenvalue weighted by Crippen LogP contribution is 2.07. The molecule has 27 heavy (non-hydrogen) atoms. The van der Waals surface area contributed by atoms with Crippen LogP contribution in [0.3, 0.4) is 0 Å². The highest BCUT2D eigenvalue weighted by Gasteiger charge is 2.10. The Kier molecular flexibility index (Phi) is 12.3. The molecule has 1 atom stereocenters. The molecule has 0 spiro atoms. The standard InChI is InChI=1S/C18H30N4O3S.HI/c1-5-19-17(23)16-9-7-8-15(12-16)13-21-18(20-6-2)22-14(3)10-11-26(4,24)25;/h7-9,12,14H,5-6,10-11,13H2,1-4H3,(H,19,23)(H2,20,21,22);1H. The van der Waals surface area contributed by atoms with Crippen LogP contribution in [0.4, 0.5) is 0 Å². The normalized spacial score (nSPS) is 12.7. The summed E-state index contributed by atoms with van der Waals surface area (Å²) in [7, 11) is -2.98. The predicted molar refractivity (Wildman–Crippen MR) is 122 cm³/mol. The molecule has 0 fully saturated rings. The van der Waals surface area contributed by atoms with Crippen LogP contribution in [0.1, 0.15) is 43.1 Å². The number of nitrogens with zero attached hydrogens (tertiary/aromatic N) is 1. The van der Waals surface area contributed by atoms with E-state index < -0.39 is 9.84 Å². The highest BCUT2D eigenvalue weighted by atomic mass is 127. The zero-order valence-corrected chi connectivity index (χ0v) is 19.6. The maximum atomic E-state index is 11.9. The van der Waals surface area contributed by atoms with Gasteiger partial charge in [0.05, 0.1) is 12.3 Å². The van der Waals surface area contributed by atoms with Gasteiger partial charge in [-0.05, 0) is 44.9 Å². The van der Waals surface area contributed by atoms with Crippen molar-refractivity contribution in [2.24, 2.45) is 4.99 Å². The number of guanidine groups is 1. The number of halogens is 1. The number of sulfone groups is 1. The molecule has 154 valence electrons. The van der Waals surface area contributed by atoms with Crippen LogP contribution in [0.5, 0.6) is 0 Å². The van der Waals surface area contributed by atoms with Gasteiger partial charge in [-0.15, -0.1) is 24.0 Å². The third-order valence-electron chi connectivity index (χ3n) is 3.60. The third kappa shape index (κ3) is 11.2. The number of rotatable bonds is 9. The summed E-state index contributed by atoms with van der Waals surface area (Å²) >= 11 is 0. The molecule has 7 nitrogen and oxygen atoms in total. The molecule has 0 saturated carbocycles. The van der Waals surface area contributed by atoms with Crippen molar-refractivity contribution in [1.29, 1.82) is 0 Å². The average Bonchev–Trinajstić information content (AvgIpc) is 2.58. The van der Waals surface area contributed by atoms with E-state index in [1.165, 1.54) is 6.26 Å². The molecule has 1 rings (SSSR count). The van der Waals surface area contributed by atoms with Crippen LogP contribution >= 0.6 is 24.0 Å². The van der Waals surface area contributed by atoms with Crippen molar-refractivity contribution in [3.63, 3.8) is 0 Å². The van der Waals surface area contributed by atoms with Gasteiger partial charge in [-0.25, -0.2) is 13.4 Å². The van der Waals surface area contributed by atoms with Gasteiger partial charge >= 0.3 is 0 Å². The van der Waals surface area contributed by atoms with Crippen molar-refractivity contribution in [1.82, 2.24) is 16.0 Å². The molecule has 1 amide bonds. The molecule has 0 aromatic heterocycles. The van der Waals surface area contributed by atoms with E-state index in [1.54, 1.807) is 6.07 Å². The Balaban J connectivity index is 0.00000676. The summed E-state index contributed by atoms with van der Waals surface area (Å²) < 4.78 is 22.6. The maximum Gasteiger partial charge on any atom is 0.251 e. The van der Waals surface area contributed by atoms with E-state index in [0.717, 1.165) is 5.56 Å². The van der Waals surface area contributed by atoms with Gasteiger partial charge in [0, 0.05) is 31.0 Å². The van der Waals surface area contributed by atoms with Gasteiger partial charge in [0.2, 0.25) is 0 Å². The van der Waals surface area contributed by atoms with Crippen LogP contribution in [0.2, 0.25) is 0 Å². The van der Waals surface area contributed by atoms with Gasteiger partial charge in [-0.1, -0.05) is 12.1 Å². The van der Waals surface area contributed by atoms with Crippen molar-refractivity contribution < 1.29 is 13.2 Å². The fourth-order valence-corrected chi connectivity index (χ4v) is 3.04. The fraction of sp³-hybridized carbons (Fsp3) is 0.556. The van der Waals surface area contributed by atoms with E-state index >= 15 is 0 Å². The molecule has 0 heterocycles. The van der Waals surface area contributed by atoms with Gasteiger partial charge in [0.25, 0.3) is 5.91 Å². The number of carbonyl (C=O) groups excluding carboxylic acids is 1. The molecule has 1 aromatic carbocycles. The molecule has 1 unspecified atom stereocenters. The van der Waals surface area contributed by atoms with E-state index in [-0.39, 0.29) is 41.7 Å². The SMILES string of the molecule is CCNC(=O)c1cccc(CN=C(NCC)NC(C)CCS(C)(=O)=O)c1.I. The maximum absolute atomic E-state index is 11.9. The molecular formula is C18H31IN4O3S. The van der Waals surface area contributed by atoms with E-state index in [9.17, 15) is 13.2 Å².